The Bertz CT molecular complexity index is 1040. The maximum absolute atomic E-state index is 13.1. The van der Waals surface area contributed by atoms with Gasteiger partial charge in [0.1, 0.15) is 5.82 Å². The van der Waals surface area contributed by atoms with E-state index in [0.29, 0.717) is 37.7 Å². The summed E-state index contributed by atoms with van der Waals surface area (Å²) in [6.07, 6.45) is 1.46. The van der Waals surface area contributed by atoms with Gasteiger partial charge in [-0.1, -0.05) is 11.8 Å². The number of sulfonamides is 1. The molecule has 0 amide bonds. The number of hydrogen-bond donors (Lipinski definition) is 0. The predicted molar refractivity (Wildman–Crippen MR) is 108 cm³/mol. The standard InChI is InChI=1S/C21H20FN2O4S/c22-18-5-7-19(8-6-18)23-10-12-24(13-11-23)29(25,26)14-2-1-3-17-4-9-20-21(15-17)28-16-27-20/h2,4-9,15H,10-14,16H2. The number of nitrogens with zero attached hydrogens (tertiary/aromatic N) is 2. The highest BCUT2D eigenvalue weighted by Gasteiger charge is 2.26. The lowest BCUT2D eigenvalue weighted by Gasteiger charge is -2.35. The Morgan fingerprint density at radius 3 is 2.48 bits per heavy atom. The fraction of sp³-hybridized carbons (Fsp3) is 0.286. The van der Waals surface area contributed by atoms with Crippen molar-refractivity contribution in [2.75, 3.05) is 43.6 Å². The van der Waals surface area contributed by atoms with Crippen LogP contribution in [-0.4, -0.2) is 51.4 Å². The Kier molecular flexibility index (Phi) is 5.60. The summed E-state index contributed by atoms with van der Waals surface area (Å²) in [4.78, 5) is 2.05. The lowest BCUT2D eigenvalue weighted by Crippen LogP contribution is -2.49. The molecule has 0 atom stereocenters. The topological polar surface area (TPSA) is 59.1 Å². The zero-order valence-electron chi connectivity index (χ0n) is 15.7. The molecule has 0 bridgehead atoms. The Morgan fingerprint density at radius 1 is 1.00 bits per heavy atom. The number of ether oxygens (including phenoxy) is 2. The third-order valence-corrected chi connectivity index (χ3v) is 6.55. The molecule has 0 spiro atoms. The molecule has 0 N–H and O–H groups in total. The first-order valence-corrected chi connectivity index (χ1v) is 10.8. The molecule has 2 aliphatic rings. The number of halogens is 1. The Labute approximate surface area is 169 Å². The van der Waals surface area contributed by atoms with E-state index in [1.165, 1.54) is 22.9 Å². The zero-order chi connectivity index (χ0) is 20.3. The molecule has 1 radical (unpaired) electrons. The second kappa shape index (κ2) is 8.31. The molecular formula is C21H20FN2O4S. The summed E-state index contributed by atoms with van der Waals surface area (Å²) in [5.41, 5.74) is 1.63. The van der Waals surface area contributed by atoms with Crippen molar-refractivity contribution >= 4 is 15.7 Å². The summed E-state index contributed by atoms with van der Waals surface area (Å²) in [7, 11) is -3.42. The molecule has 1 fully saturated rings. The molecule has 0 unspecified atom stereocenters. The fourth-order valence-electron chi connectivity index (χ4n) is 3.24. The van der Waals surface area contributed by atoms with Crippen molar-refractivity contribution in [3.05, 3.63) is 60.3 Å². The summed E-state index contributed by atoms with van der Waals surface area (Å²) < 4.78 is 50.2. The minimum atomic E-state index is -3.42. The van der Waals surface area contributed by atoms with Gasteiger partial charge in [0, 0.05) is 37.4 Å². The van der Waals surface area contributed by atoms with Gasteiger partial charge in [0.2, 0.25) is 16.8 Å². The van der Waals surface area contributed by atoms with E-state index in [9.17, 15) is 12.8 Å². The molecule has 4 rings (SSSR count). The van der Waals surface area contributed by atoms with Crippen molar-refractivity contribution in [1.29, 1.82) is 0 Å². The van der Waals surface area contributed by atoms with Gasteiger partial charge in [0.25, 0.3) is 0 Å². The van der Waals surface area contributed by atoms with E-state index in [4.69, 9.17) is 9.47 Å². The molecule has 8 heteroatoms. The lowest BCUT2D eigenvalue weighted by molar-refractivity contribution is 0.174. The van der Waals surface area contributed by atoms with Crippen molar-refractivity contribution in [3.63, 3.8) is 0 Å². The number of fused-ring (bicyclic) bond motifs is 1. The van der Waals surface area contributed by atoms with Crippen LogP contribution in [0.3, 0.4) is 0 Å². The highest BCUT2D eigenvalue weighted by molar-refractivity contribution is 7.89. The van der Waals surface area contributed by atoms with Gasteiger partial charge in [-0.15, -0.1) is 0 Å². The Hall–Kier alpha value is -2.76. The first-order chi connectivity index (χ1) is 14.0. The van der Waals surface area contributed by atoms with Gasteiger partial charge in [-0.2, -0.15) is 4.31 Å². The summed E-state index contributed by atoms with van der Waals surface area (Å²) in [6, 6.07) is 11.6. The van der Waals surface area contributed by atoms with E-state index in [-0.39, 0.29) is 18.4 Å². The van der Waals surface area contributed by atoms with E-state index in [1.807, 2.05) is 0 Å². The number of rotatable bonds is 4. The summed E-state index contributed by atoms with van der Waals surface area (Å²) in [6.45, 7) is 2.11. The van der Waals surface area contributed by atoms with Crippen LogP contribution in [0, 0.1) is 24.1 Å². The van der Waals surface area contributed by atoms with E-state index in [1.54, 1.807) is 30.3 Å². The lowest BCUT2D eigenvalue weighted by atomic mass is 10.2. The van der Waals surface area contributed by atoms with Gasteiger partial charge in [-0.05, 0) is 42.5 Å². The number of hydrogen-bond acceptors (Lipinski definition) is 5. The molecule has 2 aromatic carbocycles. The van der Waals surface area contributed by atoms with Crippen molar-refractivity contribution in [2.24, 2.45) is 0 Å². The molecule has 29 heavy (non-hydrogen) atoms. The third kappa shape index (κ3) is 4.63. The van der Waals surface area contributed by atoms with E-state index in [0.717, 1.165) is 11.3 Å². The van der Waals surface area contributed by atoms with Crippen LogP contribution in [0.1, 0.15) is 5.56 Å². The van der Waals surface area contributed by atoms with E-state index >= 15 is 0 Å². The highest BCUT2D eigenvalue weighted by Crippen LogP contribution is 2.32. The van der Waals surface area contributed by atoms with E-state index in [2.05, 4.69) is 16.7 Å². The van der Waals surface area contributed by atoms with Crippen molar-refractivity contribution in [2.45, 2.75) is 0 Å². The van der Waals surface area contributed by atoms with Crippen molar-refractivity contribution < 1.29 is 22.3 Å². The maximum atomic E-state index is 13.1. The summed E-state index contributed by atoms with van der Waals surface area (Å²) >= 11 is 0. The fourth-order valence-corrected chi connectivity index (χ4v) is 4.46. The molecule has 0 saturated carbocycles. The van der Waals surface area contributed by atoms with Crippen LogP contribution in [0.5, 0.6) is 11.5 Å². The molecule has 0 aromatic heterocycles. The number of benzene rings is 2. The average Bonchev–Trinajstić information content (AvgIpc) is 3.20. The monoisotopic (exact) mass is 415 g/mol. The van der Waals surface area contributed by atoms with Gasteiger partial charge < -0.3 is 14.4 Å². The first kappa shape index (κ1) is 19.6. The van der Waals surface area contributed by atoms with Gasteiger partial charge in [0.15, 0.2) is 11.5 Å². The van der Waals surface area contributed by atoms with Crippen LogP contribution in [0.4, 0.5) is 10.1 Å². The molecular weight excluding hydrogens is 395 g/mol. The largest absolute Gasteiger partial charge is 0.454 e. The van der Waals surface area contributed by atoms with E-state index < -0.39 is 10.0 Å². The SMILES string of the molecule is O=S(=O)(C[CH]C#Cc1ccc2c(c1)OCO2)N1CCN(c2ccc(F)cc2)CC1. The minimum Gasteiger partial charge on any atom is -0.454 e. The van der Waals surface area contributed by atoms with Crippen LogP contribution < -0.4 is 14.4 Å². The van der Waals surface area contributed by atoms with Crippen LogP contribution in [-0.2, 0) is 10.0 Å². The van der Waals surface area contributed by atoms with Gasteiger partial charge in [-0.3, -0.25) is 0 Å². The molecule has 0 aliphatic carbocycles. The predicted octanol–water partition coefficient (Wildman–Crippen LogP) is 2.26. The second-order valence-corrected chi connectivity index (χ2v) is 8.70. The third-order valence-electron chi connectivity index (χ3n) is 4.81. The molecule has 6 nitrogen and oxygen atoms in total. The normalized spacial score (nSPS) is 16.4. The highest BCUT2D eigenvalue weighted by atomic mass is 32.2. The molecule has 2 heterocycles. The van der Waals surface area contributed by atoms with Crippen LogP contribution in [0.15, 0.2) is 42.5 Å². The smallest absolute Gasteiger partial charge is 0.231 e. The van der Waals surface area contributed by atoms with Crippen LogP contribution in [0.25, 0.3) is 0 Å². The minimum absolute atomic E-state index is 0.138. The Balaban J connectivity index is 1.29. The molecule has 1 saturated heterocycles. The van der Waals surface area contributed by atoms with Gasteiger partial charge in [0.05, 0.1) is 12.2 Å². The summed E-state index contributed by atoms with van der Waals surface area (Å²) in [5.74, 6) is 6.63. The first-order valence-electron chi connectivity index (χ1n) is 9.22. The average molecular weight is 415 g/mol. The van der Waals surface area contributed by atoms with Crippen molar-refractivity contribution in [3.8, 4) is 23.3 Å². The van der Waals surface area contributed by atoms with Crippen molar-refractivity contribution in [1.82, 2.24) is 4.31 Å². The summed E-state index contributed by atoms with van der Waals surface area (Å²) in [5, 5.41) is 0. The molecule has 2 aromatic rings. The Morgan fingerprint density at radius 2 is 1.72 bits per heavy atom. The quantitative estimate of drug-likeness (QED) is 0.717. The van der Waals surface area contributed by atoms with Crippen LogP contribution in [0.2, 0.25) is 0 Å². The zero-order valence-corrected chi connectivity index (χ0v) is 16.5. The molecule has 151 valence electrons. The maximum Gasteiger partial charge on any atom is 0.231 e. The van der Waals surface area contributed by atoms with Gasteiger partial charge in [-0.25, -0.2) is 12.8 Å². The number of piperazine rings is 1. The van der Waals surface area contributed by atoms with Crippen LogP contribution >= 0.6 is 0 Å². The second-order valence-electron chi connectivity index (χ2n) is 6.68. The van der Waals surface area contributed by atoms with Gasteiger partial charge >= 0.3 is 0 Å². The molecule has 2 aliphatic heterocycles. The number of anilines is 1.